The van der Waals surface area contributed by atoms with Crippen LogP contribution in [0.15, 0.2) is 12.2 Å². The fourth-order valence-electron chi connectivity index (χ4n) is 2.64. The number of aliphatic hydroxyl groups is 1. The summed E-state index contributed by atoms with van der Waals surface area (Å²) < 4.78 is 0. The van der Waals surface area contributed by atoms with E-state index in [0.717, 1.165) is 12.3 Å². The molecular formula is C9H12O. The predicted octanol–water partition coefficient (Wildman–Crippen LogP) is 1.33. The molecular weight excluding hydrogens is 124 g/mol. The fraction of sp³-hybridized carbons (Fsp3) is 0.778. The molecule has 1 heteroatoms. The first-order chi connectivity index (χ1) is 4.82. The van der Waals surface area contributed by atoms with Crippen LogP contribution in [-0.4, -0.2) is 11.2 Å². The van der Waals surface area contributed by atoms with Crippen LogP contribution in [0.4, 0.5) is 0 Å². The van der Waals surface area contributed by atoms with Crippen molar-refractivity contribution in [3.8, 4) is 0 Å². The fourth-order valence-corrected chi connectivity index (χ4v) is 2.64. The highest BCUT2D eigenvalue weighted by atomic mass is 16.3. The Kier molecular flexibility index (Phi) is 0.713. The predicted molar refractivity (Wildman–Crippen MR) is 38.4 cm³/mol. The highest BCUT2D eigenvalue weighted by molar-refractivity contribution is 5.26. The lowest BCUT2D eigenvalue weighted by atomic mass is 9.68. The highest BCUT2D eigenvalue weighted by Gasteiger charge is 2.59. The van der Waals surface area contributed by atoms with Gasteiger partial charge in [-0.25, -0.2) is 0 Å². The van der Waals surface area contributed by atoms with Crippen LogP contribution in [-0.2, 0) is 0 Å². The van der Waals surface area contributed by atoms with E-state index < -0.39 is 0 Å². The summed E-state index contributed by atoms with van der Waals surface area (Å²) in [4.78, 5) is 0. The minimum atomic E-state index is 0.00113. The molecule has 1 nitrogen and oxygen atoms in total. The summed E-state index contributed by atoms with van der Waals surface area (Å²) in [7, 11) is 0. The monoisotopic (exact) mass is 136 g/mol. The van der Waals surface area contributed by atoms with Crippen LogP contribution in [0.1, 0.15) is 19.3 Å². The zero-order valence-electron chi connectivity index (χ0n) is 5.96. The number of hydrogen-bond donors (Lipinski definition) is 1. The van der Waals surface area contributed by atoms with Crippen molar-refractivity contribution in [2.75, 3.05) is 0 Å². The van der Waals surface area contributed by atoms with Crippen LogP contribution in [0.5, 0.6) is 0 Å². The molecule has 3 aliphatic carbocycles. The van der Waals surface area contributed by atoms with Gasteiger partial charge < -0.3 is 5.11 Å². The first-order valence-electron chi connectivity index (χ1n) is 4.19. The first kappa shape index (κ1) is 5.36. The summed E-state index contributed by atoms with van der Waals surface area (Å²) in [5.74, 6) is 1.38. The maximum Gasteiger partial charge on any atom is 0.0609 e. The topological polar surface area (TPSA) is 20.2 Å². The molecule has 0 amide bonds. The van der Waals surface area contributed by atoms with Gasteiger partial charge in [0.2, 0.25) is 0 Å². The molecule has 0 aliphatic heterocycles. The zero-order valence-corrected chi connectivity index (χ0v) is 5.96. The Morgan fingerprint density at radius 1 is 1.40 bits per heavy atom. The van der Waals surface area contributed by atoms with Crippen LogP contribution < -0.4 is 0 Å². The molecule has 0 unspecified atom stereocenters. The largest absolute Gasteiger partial charge is 0.392 e. The van der Waals surface area contributed by atoms with E-state index in [1.54, 1.807) is 0 Å². The van der Waals surface area contributed by atoms with E-state index in [9.17, 15) is 5.11 Å². The third kappa shape index (κ3) is 0.420. The van der Waals surface area contributed by atoms with Gasteiger partial charge in [0.15, 0.2) is 0 Å². The average molecular weight is 136 g/mol. The second-order valence-electron chi connectivity index (χ2n) is 4.08. The SMILES string of the molecule is O[C@H]1C[C@@H]2[C@H]1C=CC21CC1. The molecule has 0 aromatic rings. The van der Waals surface area contributed by atoms with Crippen molar-refractivity contribution in [1.82, 2.24) is 0 Å². The minimum Gasteiger partial charge on any atom is -0.392 e. The first-order valence-corrected chi connectivity index (χ1v) is 4.19. The van der Waals surface area contributed by atoms with E-state index in [1.807, 2.05) is 0 Å². The number of allylic oxidation sites excluding steroid dienone is 1. The van der Waals surface area contributed by atoms with Crippen molar-refractivity contribution in [3.05, 3.63) is 12.2 Å². The Hall–Kier alpha value is -0.300. The van der Waals surface area contributed by atoms with Gasteiger partial charge in [-0.05, 0) is 30.6 Å². The van der Waals surface area contributed by atoms with Crippen LogP contribution in [0.2, 0.25) is 0 Å². The second kappa shape index (κ2) is 1.33. The van der Waals surface area contributed by atoms with Gasteiger partial charge in [0.1, 0.15) is 0 Å². The lowest BCUT2D eigenvalue weighted by Gasteiger charge is -2.39. The molecule has 0 bridgehead atoms. The highest BCUT2D eigenvalue weighted by Crippen LogP contribution is 2.65. The van der Waals surface area contributed by atoms with Gasteiger partial charge in [-0.3, -0.25) is 0 Å². The molecule has 3 rings (SSSR count). The van der Waals surface area contributed by atoms with Crippen LogP contribution in [0, 0.1) is 17.3 Å². The van der Waals surface area contributed by atoms with Gasteiger partial charge in [-0.15, -0.1) is 0 Å². The quantitative estimate of drug-likeness (QED) is 0.498. The molecule has 10 heavy (non-hydrogen) atoms. The van der Waals surface area contributed by atoms with Crippen molar-refractivity contribution < 1.29 is 5.11 Å². The number of fused-ring (bicyclic) bond motifs is 2. The van der Waals surface area contributed by atoms with E-state index in [4.69, 9.17) is 0 Å². The van der Waals surface area contributed by atoms with Crippen LogP contribution >= 0.6 is 0 Å². The van der Waals surface area contributed by atoms with E-state index in [-0.39, 0.29) is 6.10 Å². The number of rotatable bonds is 0. The summed E-state index contributed by atoms with van der Waals surface area (Å²) in [6, 6.07) is 0. The molecule has 0 aromatic heterocycles. The molecule has 0 saturated heterocycles. The lowest BCUT2D eigenvalue weighted by Crippen LogP contribution is -2.41. The molecule has 3 atom stereocenters. The molecule has 1 N–H and O–H groups in total. The average Bonchev–Trinajstić information content (AvgIpc) is 2.57. The van der Waals surface area contributed by atoms with Gasteiger partial charge in [0.25, 0.3) is 0 Å². The van der Waals surface area contributed by atoms with E-state index in [0.29, 0.717) is 11.3 Å². The summed E-state index contributed by atoms with van der Waals surface area (Å²) in [6.07, 6.45) is 8.44. The van der Waals surface area contributed by atoms with Crippen molar-refractivity contribution in [2.24, 2.45) is 17.3 Å². The van der Waals surface area contributed by atoms with E-state index in [2.05, 4.69) is 12.2 Å². The summed E-state index contributed by atoms with van der Waals surface area (Å²) in [5, 5.41) is 9.33. The molecule has 54 valence electrons. The summed E-state index contributed by atoms with van der Waals surface area (Å²) in [6.45, 7) is 0. The van der Waals surface area contributed by atoms with Gasteiger partial charge in [-0.1, -0.05) is 12.2 Å². The van der Waals surface area contributed by atoms with Crippen molar-refractivity contribution in [2.45, 2.75) is 25.4 Å². The van der Waals surface area contributed by atoms with E-state index >= 15 is 0 Å². The number of hydrogen-bond acceptors (Lipinski definition) is 1. The Morgan fingerprint density at radius 2 is 2.20 bits per heavy atom. The third-order valence-electron chi connectivity index (χ3n) is 3.62. The molecule has 1 spiro atoms. The zero-order chi connectivity index (χ0) is 6.77. The Bertz CT molecular complexity index is 203. The van der Waals surface area contributed by atoms with Crippen LogP contribution in [0.3, 0.4) is 0 Å². The molecule has 3 aliphatic rings. The van der Waals surface area contributed by atoms with Crippen molar-refractivity contribution in [3.63, 3.8) is 0 Å². The normalized spacial score (nSPS) is 52.7. The molecule has 0 aromatic carbocycles. The lowest BCUT2D eigenvalue weighted by molar-refractivity contribution is -0.0202. The maximum atomic E-state index is 9.33. The van der Waals surface area contributed by atoms with Gasteiger partial charge >= 0.3 is 0 Å². The number of aliphatic hydroxyl groups excluding tert-OH is 1. The molecule has 2 fully saturated rings. The smallest absolute Gasteiger partial charge is 0.0609 e. The van der Waals surface area contributed by atoms with E-state index in [1.165, 1.54) is 12.8 Å². The summed E-state index contributed by atoms with van der Waals surface area (Å²) in [5.41, 5.74) is 0.601. The van der Waals surface area contributed by atoms with Gasteiger partial charge in [-0.2, -0.15) is 0 Å². The maximum absolute atomic E-state index is 9.33. The second-order valence-corrected chi connectivity index (χ2v) is 4.08. The Morgan fingerprint density at radius 3 is 2.70 bits per heavy atom. The standard InChI is InChI=1S/C9H12O/c10-8-5-7-6(8)1-2-9(7)3-4-9/h1-2,6-8,10H,3-5H2/t6-,7-,8+/m1/s1. The van der Waals surface area contributed by atoms with Crippen molar-refractivity contribution >= 4 is 0 Å². The van der Waals surface area contributed by atoms with Gasteiger partial charge in [0, 0.05) is 5.92 Å². The third-order valence-corrected chi connectivity index (χ3v) is 3.62. The van der Waals surface area contributed by atoms with Gasteiger partial charge in [0.05, 0.1) is 6.10 Å². The Balaban J connectivity index is 1.92. The molecule has 2 saturated carbocycles. The molecule has 0 heterocycles. The van der Waals surface area contributed by atoms with Crippen LogP contribution in [0.25, 0.3) is 0 Å². The van der Waals surface area contributed by atoms with Crippen molar-refractivity contribution in [1.29, 1.82) is 0 Å². The Labute approximate surface area is 60.7 Å². The minimum absolute atomic E-state index is 0.00113. The molecule has 0 radical (unpaired) electrons. The summed E-state index contributed by atoms with van der Waals surface area (Å²) >= 11 is 0.